The number of aromatic nitrogens is 4. The predicted molar refractivity (Wildman–Crippen MR) is 66.5 cm³/mol. The van der Waals surface area contributed by atoms with Crippen molar-refractivity contribution in [2.24, 2.45) is 0 Å². The van der Waals surface area contributed by atoms with Gasteiger partial charge in [-0.15, -0.1) is 0 Å². The summed E-state index contributed by atoms with van der Waals surface area (Å²) >= 11 is 4.21. The minimum absolute atomic E-state index is 0.862. The molecule has 0 fully saturated rings. The maximum Gasteiger partial charge on any atom is 0.116 e. The average molecular weight is 234 g/mol. The fourth-order valence-corrected chi connectivity index (χ4v) is 1.77. The van der Waals surface area contributed by atoms with Gasteiger partial charge in [-0.3, -0.25) is 5.10 Å². The Morgan fingerprint density at radius 1 is 1.44 bits per heavy atom. The Bertz CT molecular complexity index is 452. The zero-order valence-electron chi connectivity index (χ0n) is 9.14. The summed E-state index contributed by atoms with van der Waals surface area (Å²) in [5, 5.41) is 7.36. The highest BCUT2D eigenvalue weighted by Gasteiger charge is 2.10. The van der Waals surface area contributed by atoms with Crippen LogP contribution in [0.3, 0.4) is 0 Å². The van der Waals surface area contributed by atoms with Crippen LogP contribution in [0.1, 0.15) is 17.7 Å². The second-order valence-corrected chi connectivity index (χ2v) is 4.04. The molecule has 0 spiro atoms. The van der Waals surface area contributed by atoms with Crippen LogP contribution in [0.15, 0.2) is 18.6 Å². The molecule has 0 aliphatic heterocycles. The highest BCUT2D eigenvalue weighted by atomic mass is 32.1. The molecule has 2 rings (SSSR count). The Balaban J connectivity index is 2.27. The molecular formula is C11H14N4S. The van der Waals surface area contributed by atoms with Gasteiger partial charge in [0.15, 0.2) is 0 Å². The summed E-state index contributed by atoms with van der Waals surface area (Å²) in [5.74, 6) is 0.890. The van der Waals surface area contributed by atoms with Crippen molar-refractivity contribution in [2.75, 3.05) is 5.75 Å². The first-order valence-electron chi connectivity index (χ1n) is 5.24. The maximum atomic E-state index is 4.30. The molecule has 1 N–H and O–H groups in total. The molecule has 0 aliphatic rings. The standard InChI is InChI=1S/C11H14N4S/c1-8-9(3-2-6-16)14-15-11(8)10-4-5-12-7-13-10/h4-5,7,16H,2-3,6H2,1H3,(H,14,15). The number of nitrogens with zero attached hydrogens (tertiary/aromatic N) is 3. The van der Waals surface area contributed by atoms with Gasteiger partial charge in [0.25, 0.3) is 0 Å². The summed E-state index contributed by atoms with van der Waals surface area (Å²) in [6, 6.07) is 1.87. The van der Waals surface area contributed by atoms with E-state index in [1.807, 2.05) is 6.07 Å². The summed E-state index contributed by atoms with van der Waals surface area (Å²) in [6.45, 7) is 2.06. The Labute approximate surface area is 99.9 Å². The van der Waals surface area contributed by atoms with Crippen LogP contribution in [-0.4, -0.2) is 25.9 Å². The number of H-pyrrole nitrogens is 1. The highest BCUT2D eigenvalue weighted by Crippen LogP contribution is 2.21. The molecule has 2 aromatic heterocycles. The van der Waals surface area contributed by atoms with Crippen molar-refractivity contribution in [3.63, 3.8) is 0 Å². The van der Waals surface area contributed by atoms with E-state index in [9.17, 15) is 0 Å². The molecule has 0 aromatic carbocycles. The van der Waals surface area contributed by atoms with Crippen LogP contribution in [-0.2, 0) is 6.42 Å². The van der Waals surface area contributed by atoms with Crippen molar-refractivity contribution in [2.45, 2.75) is 19.8 Å². The van der Waals surface area contributed by atoms with E-state index < -0.39 is 0 Å². The number of hydrogen-bond donors (Lipinski definition) is 2. The molecule has 2 heterocycles. The number of rotatable bonds is 4. The average Bonchev–Trinajstić information content (AvgIpc) is 2.69. The van der Waals surface area contributed by atoms with Crippen molar-refractivity contribution >= 4 is 12.6 Å². The second-order valence-electron chi connectivity index (χ2n) is 3.60. The third-order valence-corrected chi connectivity index (χ3v) is 2.84. The minimum atomic E-state index is 0.862. The van der Waals surface area contributed by atoms with Crippen LogP contribution in [0, 0.1) is 6.92 Å². The molecule has 0 saturated heterocycles. The Morgan fingerprint density at radius 2 is 2.31 bits per heavy atom. The Hall–Kier alpha value is -1.36. The Morgan fingerprint density at radius 3 is 3.00 bits per heavy atom. The molecule has 0 unspecified atom stereocenters. The van der Waals surface area contributed by atoms with Gasteiger partial charge in [-0.25, -0.2) is 9.97 Å². The van der Waals surface area contributed by atoms with Crippen molar-refractivity contribution in [3.05, 3.63) is 29.8 Å². The molecule has 0 amide bonds. The summed E-state index contributed by atoms with van der Waals surface area (Å²) < 4.78 is 0. The van der Waals surface area contributed by atoms with Crippen LogP contribution in [0.4, 0.5) is 0 Å². The van der Waals surface area contributed by atoms with Crippen LogP contribution in [0.25, 0.3) is 11.4 Å². The van der Waals surface area contributed by atoms with Crippen LogP contribution in [0.5, 0.6) is 0 Å². The molecule has 0 saturated carbocycles. The quantitative estimate of drug-likeness (QED) is 0.796. The lowest BCUT2D eigenvalue weighted by Crippen LogP contribution is -1.90. The normalized spacial score (nSPS) is 10.6. The number of thiol groups is 1. The van der Waals surface area contributed by atoms with Crippen molar-refractivity contribution in [1.29, 1.82) is 0 Å². The number of aryl methyl sites for hydroxylation is 1. The van der Waals surface area contributed by atoms with Crippen LogP contribution < -0.4 is 0 Å². The van der Waals surface area contributed by atoms with Crippen LogP contribution >= 0.6 is 12.6 Å². The van der Waals surface area contributed by atoms with E-state index in [0.29, 0.717) is 0 Å². The topological polar surface area (TPSA) is 54.5 Å². The first kappa shape index (κ1) is 11.1. The highest BCUT2D eigenvalue weighted by molar-refractivity contribution is 7.80. The van der Waals surface area contributed by atoms with Gasteiger partial charge in [0.2, 0.25) is 0 Å². The molecular weight excluding hydrogens is 220 g/mol. The Kier molecular flexibility index (Phi) is 3.56. The summed E-state index contributed by atoms with van der Waals surface area (Å²) in [5.41, 5.74) is 4.11. The monoisotopic (exact) mass is 234 g/mol. The van der Waals surface area contributed by atoms with E-state index in [1.54, 1.807) is 6.20 Å². The van der Waals surface area contributed by atoms with Gasteiger partial charge in [-0.2, -0.15) is 17.7 Å². The van der Waals surface area contributed by atoms with Gasteiger partial charge in [0, 0.05) is 11.9 Å². The number of aromatic amines is 1. The van der Waals surface area contributed by atoms with E-state index in [0.717, 1.165) is 30.0 Å². The third-order valence-electron chi connectivity index (χ3n) is 2.52. The van der Waals surface area contributed by atoms with E-state index in [1.165, 1.54) is 17.6 Å². The van der Waals surface area contributed by atoms with Gasteiger partial charge in [-0.1, -0.05) is 0 Å². The fraction of sp³-hybridized carbons (Fsp3) is 0.364. The zero-order valence-corrected chi connectivity index (χ0v) is 10.0. The summed E-state index contributed by atoms with van der Waals surface area (Å²) in [6.07, 6.45) is 5.30. The number of hydrogen-bond acceptors (Lipinski definition) is 4. The molecule has 84 valence electrons. The second kappa shape index (κ2) is 5.12. The first-order valence-corrected chi connectivity index (χ1v) is 5.87. The van der Waals surface area contributed by atoms with Crippen molar-refractivity contribution in [1.82, 2.24) is 20.2 Å². The molecule has 0 radical (unpaired) electrons. The van der Waals surface area contributed by atoms with E-state index in [-0.39, 0.29) is 0 Å². The molecule has 0 bridgehead atoms. The van der Waals surface area contributed by atoms with Gasteiger partial charge < -0.3 is 0 Å². The molecule has 5 heteroatoms. The van der Waals surface area contributed by atoms with E-state index >= 15 is 0 Å². The summed E-state index contributed by atoms with van der Waals surface area (Å²) in [4.78, 5) is 8.09. The van der Waals surface area contributed by atoms with Gasteiger partial charge in [0.05, 0.1) is 5.69 Å². The molecule has 0 aliphatic carbocycles. The van der Waals surface area contributed by atoms with Gasteiger partial charge >= 0.3 is 0 Å². The smallest absolute Gasteiger partial charge is 0.116 e. The predicted octanol–water partition coefficient (Wildman–Crippen LogP) is 2.04. The van der Waals surface area contributed by atoms with E-state index in [2.05, 4.69) is 39.7 Å². The summed E-state index contributed by atoms with van der Waals surface area (Å²) in [7, 11) is 0. The molecule has 0 atom stereocenters. The largest absolute Gasteiger partial charge is 0.282 e. The van der Waals surface area contributed by atoms with E-state index in [4.69, 9.17) is 0 Å². The molecule has 16 heavy (non-hydrogen) atoms. The van der Waals surface area contributed by atoms with Gasteiger partial charge in [0.1, 0.15) is 12.0 Å². The SMILES string of the molecule is Cc1c(-c2ccncn2)n[nH]c1CCCS. The minimum Gasteiger partial charge on any atom is -0.282 e. The van der Waals surface area contributed by atoms with Crippen molar-refractivity contribution < 1.29 is 0 Å². The van der Waals surface area contributed by atoms with Gasteiger partial charge in [-0.05, 0) is 37.1 Å². The molecule has 2 aromatic rings. The van der Waals surface area contributed by atoms with Crippen LogP contribution in [0.2, 0.25) is 0 Å². The lowest BCUT2D eigenvalue weighted by atomic mass is 10.1. The third kappa shape index (κ3) is 2.24. The first-order chi connectivity index (χ1) is 7.83. The maximum absolute atomic E-state index is 4.30. The lowest BCUT2D eigenvalue weighted by Gasteiger charge is -1.98. The zero-order chi connectivity index (χ0) is 11.4. The number of nitrogens with one attached hydrogen (secondary N) is 1. The lowest BCUT2D eigenvalue weighted by molar-refractivity contribution is 0.871. The van der Waals surface area contributed by atoms with Crippen molar-refractivity contribution in [3.8, 4) is 11.4 Å². The fourth-order valence-electron chi connectivity index (χ4n) is 1.61. The molecule has 4 nitrogen and oxygen atoms in total.